The number of aliphatic hydroxyl groups is 1. The largest absolute Gasteiger partial charge is 0.444 e. The molecule has 1 saturated carbocycles. The molecule has 4 nitrogen and oxygen atoms in total. The number of ether oxygens (including phenoxy) is 1. The quantitative estimate of drug-likeness (QED) is 0.783. The van der Waals surface area contributed by atoms with Crippen molar-refractivity contribution in [1.82, 2.24) is 5.32 Å². The van der Waals surface area contributed by atoms with Crippen LogP contribution >= 0.6 is 0 Å². The van der Waals surface area contributed by atoms with Crippen LogP contribution in [0.2, 0.25) is 0 Å². The molecule has 1 rings (SSSR count). The molecule has 0 aromatic carbocycles. The Morgan fingerprint density at radius 2 is 2.00 bits per heavy atom. The van der Waals surface area contributed by atoms with E-state index < -0.39 is 42.6 Å². The summed E-state index contributed by atoms with van der Waals surface area (Å²) in [4.78, 5) is 11.4. The van der Waals surface area contributed by atoms with Gasteiger partial charge in [-0.25, -0.2) is 13.6 Å². The second kappa shape index (κ2) is 5.16. The molecule has 1 aliphatic carbocycles. The lowest BCUT2D eigenvalue weighted by atomic mass is 10.1. The van der Waals surface area contributed by atoms with E-state index in [1.807, 2.05) is 0 Å². The van der Waals surface area contributed by atoms with Crippen LogP contribution in [0.3, 0.4) is 0 Å². The molecule has 0 unspecified atom stereocenters. The Kier molecular flexibility index (Phi) is 4.30. The van der Waals surface area contributed by atoms with E-state index in [0.29, 0.717) is 0 Å². The summed E-state index contributed by atoms with van der Waals surface area (Å²) < 4.78 is 31.7. The minimum atomic E-state index is -1.79. The van der Waals surface area contributed by atoms with E-state index in [-0.39, 0.29) is 6.42 Å². The van der Waals surface area contributed by atoms with Crippen LogP contribution in [0.25, 0.3) is 0 Å². The second-order valence-electron chi connectivity index (χ2n) is 5.32. The summed E-state index contributed by atoms with van der Waals surface area (Å²) in [6.07, 6.45) is -4.21. The molecule has 0 aromatic rings. The molecule has 0 heterocycles. The predicted octanol–water partition coefficient (Wildman–Crippen LogP) is 1.57. The molecule has 1 amide bonds. The van der Waals surface area contributed by atoms with Gasteiger partial charge in [0.25, 0.3) is 0 Å². The molecule has 100 valence electrons. The first kappa shape index (κ1) is 14.2. The van der Waals surface area contributed by atoms with Gasteiger partial charge in [-0.15, -0.1) is 0 Å². The van der Waals surface area contributed by atoms with Gasteiger partial charge in [0.1, 0.15) is 11.8 Å². The summed E-state index contributed by atoms with van der Waals surface area (Å²) in [6, 6.07) is -0.933. The Labute approximate surface area is 99.3 Å². The molecule has 17 heavy (non-hydrogen) atoms. The topological polar surface area (TPSA) is 58.6 Å². The van der Waals surface area contributed by atoms with Gasteiger partial charge < -0.3 is 15.2 Å². The van der Waals surface area contributed by atoms with Crippen molar-refractivity contribution in [2.24, 2.45) is 5.92 Å². The van der Waals surface area contributed by atoms with Crippen LogP contribution in [0.1, 0.15) is 27.2 Å². The fourth-order valence-electron chi connectivity index (χ4n) is 1.84. The lowest BCUT2D eigenvalue weighted by Crippen LogP contribution is -2.42. The van der Waals surface area contributed by atoms with Gasteiger partial charge in [0.15, 0.2) is 6.17 Å². The van der Waals surface area contributed by atoms with Crippen molar-refractivity contribution in [3.63, 3.8) is 0 Å². The van der Waals surface area contributed by atoms with Crippen LogP contribution in [0, 0.1) is 5.92 Å². The van der Waals surface area contributed by atoms with Crippen molar-refractivity contribution in [1.29, 1.82) is 0 Å². The Bertz CT molecular complexity index is 280. The monoisotopic (exact) mass is 251 g/mol. The van der Waals surface area contributed by atoms with Crippen molar-refractivity contribution < 1.29 is 23.4 Å². The molecule has 0 bridgehead atoms. The number of alkyl halides is 2. The molecule has 2 N–H and O–H groups in total. The summed E-state index contributed by atoms with van der Waals surface area (Å²) in [5.74, 6) is -0.759. The number of halogens is 2. The maximum absolute atomic E-state index is 13.5. The molecular formula is C11H19F2NO3. The molecule has 1 fully saturated rings. The van der Waals surface area contributed by atoms with Crippen LogP contribution < -0.4 is 5.32 Å². The highest BCUT2D eigenvalue weighted by atomic mass is 19.2. The van der Waals surface area contributed by atoms with Gasteiger partial charge in [-0.2, -0.15) is 0 Å². The number of amides is 1. The first-order chi connectivity index (χ1) is 7.74. The smallest absolute Gasteiger partial charge is 0.407 e. The summed E-state index contributed by atoms with van der Waals surface area (Å²) in [5.41, 5.74) is -0.681. The number of alkyl carbamates (subject to hydrolysis) is 1. The fourth-order valence-corrected chi connectivity index (χ4v) is 1.84. The van der Waals surface area contributed by atoms with E-state index in [9.17, 15) is 13.6 Å². The van der Waals surface area contributed by atoms with Crippen LogP contribution in [-0.4, -0.2) is 41.8 Å². The maximum atomic E-state index is 13.5. The van der Waals surface area contributed by atoms with E-state index in [1.165, 1.54) is 0 Å². The second-order valence-corrected chi connectivity index (χ2v) is 5.32. The number of nitrogens with one attached hydrogen (secondary N) is 1. The molecule has 0 saturated heterocycles. The molecular weight excluding hydrogens is 232 g/mol. The Morgan fingerprint density at radius 3 is 2.41 bits per heavy atom. The minimum absolute atomic E-state index is 0.0814. The summed E-state index contributed by atoms with van der Waals surface area (Å²) in [7, 11) is 0. The fraction of sp³-hybridized carbons (Fsp3) is 0.909. The van der Waals surface area contributed by atoms with Crippen molar-refractivity contribution in [3.8, 4) is 0 Å². The molecule has 6 heteroatoms. The normalized spacial score (nSPS) is 33.5. The molecule has 4 atom stereocenters. The Hall–Kier alpha value is -0.910. The zero-order valence-electron chi connectivity index (χ0n) is 10.2. The SMILES string of the molecule is CC(C)(C)OC(=O)N[C@@H]1C[C@H](CO)[C@@H](F)[C@H]1F. The van der Waals surface area contributed by atoms with Crippen LogP contribution in [-0.2, 0) is 4.74 Å². The number of hydrogen-bond donors (Lipinski definition) is 2. The third kappa shape index (κ3) is 3.80. The van der Waals surface area contributed by atoms with Gasteiger partial charge in [-0.1, -0.05) is 0 Å². The van der Waals surface area contributed by atoms with Crippen LogP contribution in [0.4, 0.5) is 13.6 Å². The number of carbonyl (C=O) groups is 1. The number of hydrogen-bond acceptors (Lipinski definition) is 3. The van der Waals surface area contributed by atoms with Crippen LogP contribution in [0.5, 0.6) is 0 Å². The Morgan fingerprint density at radius 1 is 1.41 bits per heavy atom. The van der Waals surface area contributed by atoms with E-state index in [4.69, 9.17) is 9.84 Å². The van der Waals surface area contributed by atoms with E-state index in [2.05, 4.69) is 5.32 Å². The highest BCUT2D eigenvalue weighted by Crippen LogP contribution is 2.31. The van der Waals surface area contributed by atoms with Crippen LogP contribution in [0.15, 0.2) is 0 Å². The summed E-state index contributed by atoms with van der Waals surface area (Å²) >= 11 is 0. The highest BCUT2D eigenvalue weighted by Gasteiger charge is 2.45. The molecule has 0 aromatic heterocycles. The van der Waals surface area contributed by atoms with Gasteiger partial charge in [0, 0.05) is 12.5 Å². The first-order valence-electron chi connectivity index (χ1n) is 5.63. The average Bonchev–Trinajstić information content (AvgIpc) is 2.43. The lowest BCUT2D eigenvalue weighted by molar-refractivity contribution is 0.0472. The molecule has 0 spiro atoms. The molecule has 1 aliphatic rings. The molecule has 0 radical (unpaired) electrons. The third-order valence-electron chi connectivity index (χ3n) is 2.63. The lowest BCUT2D eigenvalue weighted by Gasteiger charge is -2.22. The summed E-state index contributed by atoms with van der Waals surface area (Å²) in [5, 5.41) is 11.1. The minimum Gasteiger partial charge on any atom is -0.444 e. The molecule has 0 aliphatic heterocycles. The van der Waals surface area contributed by atoms with Gasteiger partial charge in [0.05, 0.1) is 6.04 Å². The van der Waals surface area contributed by atoms with Gasteiger partial charge >= 0.3 is 6.09 Å². The zero-order chi connectivity index (χ0) is 13.2. The van der Waals surface area contributed by atoms with Gasteiger partial charge in [0.2, 0.25) is 0 Å². The predicted molar refractivity (Wildman–Crippen MR) is 58.1 cm³/mol. The van der Waals surface area contributed by atoms with E-state index >= 15 is 0 Å². The average molecular weight is 251 g/mol. The number of rotatable bonds is 2. The third-order valence-corrected chi connectivity index (χ3v) is 2.63. The van der Waals surface area contributed by atoms with Crippen molar-refractivity contribution in [2.45, 2.75) is 51.2 Å². The number of aliphatic hydroxyl groups excluding tert-OH is 1. The van der Waals surface area contributed by atoms with Crippen molar-refractivity contribution in [3.05, 3.63) is 0 Å². The van der Waals surface area contributed by atoms with Gasteiger partial charge in [-0.05, 0) is 27.2 Å². The summed E-state index contributed by atoms with van der Waals surface area (Å²) in [6.45, 7) is 4.63. The van der Waals surface area contributed by atoms with Gasteiger partial charge in [-0.3, -0.25) is 0 Å². The van der Waals surface area contributed by atoms with Crippen molar-refractivity contribution in [2.75, 3.05) is 6.61 Å². The first-order valence-corrected chi connectivity index (χ1v) is 5.63. The zero-order valence-corrected chi connectivity index (χ0v) is 10.2. The van der Waals surface area contributed by atoms with Crippen molar-refractivity contribution >= 4 is 6.09 Å². The van der Waals surface area contributed by atoms with E-state index in [1.54, 1.807) is 20.8 Å². The Balaban J connectivity index is 2.50. The van der Waals surface area contributed by atoms with E-state index in [0.717, 1.165) is 0 Å². The maximum Gasteiger partial charge on any atom is 0.407 e. The standard InChI is InChI=1S/C11H19F2NO3/c1-11(2,3)17-10(16)14-7-4-6(5-15)8(12)9(7)13/h6-9,15H,4-5H2,1-3H3,(H,14,16)/t6-,7-,8-,9+/m1/s1. The highest BCUT2D eigenvalue weighted by molar-refractivity contribution is 5.68. The number of carbonyl (C=O) groups excluding carboxylic acids is 1.